The minimum atomic E-state index is -0.925. The largest absolute Gasteiger partial charge is 0.480 e. The predicted octanol–water partition coefficient (Wildman–Crippen LogP) is 2.74. The van der Waals surface area contributed by atoms with Crippen LogP contribution in [0.4, 0.5) is 0 Å². The van der Waals surface area contributed by atoms with Gasteiger partial charge in [0.25, 0.3) is 0 Å². The lowest BCUT2D eigenvalue weighted by molar-refractivity contribution is -0.152. The van der Waals surface area contributed by atoms with Gasteiger partial charge < -0.3 is 14.4 Å². The molecule has 1 unspecified atom stereocenters. The Morgan fingerprint density at radius 3 is 2.79 bits per heavy atom. The van der Waals surface area contributed by atoms with Crippen molar-refractivity contribution in [1.82, 2.24) is 9.88 Å². The normalized spacial score (nSPS) is 17.7. The Hall–Kier alpha value is -2.63. The van der Waals surface area contributed by atoms with Crippen LogP contribution in [0.15, 0.2) is 40.9 Å². The van der Waals surface area contributed by atoms with Gasteiger partial charge in [0.2, 0.25) is 5.91 Å². The van der Waals surface area contributed by atoms with E-state index in [-0.39, 0.29) is 12.3 Å². The van der Waals surface area contributed by atoms with Gasteiger partial charge in [0.1, 0.15) is 6.04 Å². The summed E-state index contributed by atoms with van der Waals surface area (Å²) < 4.78 is 5.68. The lowest BCUT2D eigenvalue weighted by Crippen LogP contribution is -2.48. The van der Waals surface area contributed by atoms with E-state index in [9.17, 15) is 14.7 Å². The van der Waals surface area contributed by atoms with Crippen LogP contribution in [0.5, 0.6) is 0 Å². The molecule has 0 spiro atoms. The van der Waals surface area contributed by atoms with Crippen molar-refractivity contribution in [2.24, 2.45) is 0 Å². The summed E-state index contributed by atoms with van der Waals surface area (Å²) in [4.78, 5) is 29.3. The molecule has 1 aliphatic heterocycles. The maximum absolute atomic E-state index is 12.4. The number of piperidine rings is 1. The molecule has 2 aromatic rings. The van der Waals surface area contributed by atoms with Crippen molar-refractivity contribution >= 4 is 11.9 Å². The van der Waals surface area contributed by atoms with Crippen molar-refractivity contribution in [2.45, 2.75) is 38.1 Å². The smallest absolute Gasteiger partial charge is 0.326 e. The highest BCUT2D eigenvalue weighted by molar-refractivity contribution is 5.84. The molecule has 0 bridgehead atoms. The van der Waals surface area contributed by atoms with Crippen LogP contribution in [0.25, 0.3) is 11.3 Å². The van der Waals surface area contributed by atoms with E-state index in [0.717, 1.165) is 18.4 Å². The molecule has 0 saturated carbocycles. The monoisotopic (exact) mass is 328 g/mol. The Kier molecular flexibility index (Phi) is 4.93. The molecular formula is C18H20N2O4. The van der Waals surface area contributed by atoms with Gasteiger partial charge in [-0.15, -0.1) is 0 Å². The van der Waals surface area contributed by atoms with Crippen LogP contribution < -0.4 is 0 Å². The zero-order valence-electron chi connectivity index (χ0n) is 13.4. The molecule has 1 aromatic carbocycles. The van der Waals surface area contributed by atoms with Crippen molar-refractivity contribution in [2.75, 3.05) is 6.54 Å². The molecule has 1 N–H and O–H groups in total. The molecule has 126 valence electrons. The van der Waals surface area contributed by atoms with Gasteiger partial charge in [-0.2, -0.15) is 0 Å². The molecule has 2 heterocycles. The van der Waals surface area contributed by atoms with Crippen LogP contribution in [-0.2, 0) is 16.0 Å². The number of carboxylic acid groups (broad SMARTS) is 1. The maximum Gasteiger partial charge on any atom is 0.326 e. The fourth-order valence-corrected chi connectivity index (χ4v) is 3.01. The highest BCUT2D eigenvalue weighted by Crippen LogP contribution is 2.22. The van der Waals surface area contributed by atoms with E-state index in [4.69, 9.17) is 4.42 Å². The van der Waals surface area contributed by atoms with E-state index in [0.29, 0.717) is 31.0 Å². The summed E-state index contributed by atoms with van der Waals surface area (Å²) >= 11 is 0. The molecule has 0 radical (unpaired) electrons. The number of aryl methyl sites for hydroxylation is 1. The number of aliphatic carboxylic acids is 1. The third kappa shape index (κ3) is 3.64. The molecule has 3 rings (SSSR count). The maximum atomic E-state index is 12.4. The third-order valence-electron chi connectivity index (χ3n) is 4.27. The SMILES string of the molecule is O=C(O)C1CCCCN1C(=O)CCc1ncc(-c2ccccc2)o1. The summed E-state index contributed by atoms with van der Waals surface area (Å²) in [6.45, 7) is 0.511. The zero-order chi connectivity index (χ0) is 16.9. The molecule has 1 amide bonds. The number of hydrogen-bond donors (Lipinski definition) is 1. The molecule has 1 saturated heterocycles. The van der Waals surface area contributed by atoms with Crippen LogP contribution in [0.3, 0.4) is 0 Å². The van der Waals surface area contributed by atoms with Crippen LogP contribution in [0.1, 0.15) is 31.6 Å². The van der Waals surface area contributed by atoms with Crippen molar-refractivity contribution < 1.29 is 19.1 Å². The fraction of sp³-hybridized carbons (Fsp3) is 0.389. The Morgan fingerprint density at radius 2 is 2.04 bits per heavy atom. The van der Waals surface area contributed by atoms with E-state index < -0.39 is 12.0 Å². The van der Waals surface area contributed by atoms with Crippen LogP contribution >= 0.6 is 0 Å². The summed E-state index contributed by atoms with van der Waals surface area (Å²) in [6.07, 6.45) is 4.45. The summed E-state index contributed by atoms with van der Waals surface area (Å²) in [5.74, 6) is 0.0811. The first-order chi connectivity index (χ1) is 11.6. The summed E-state index contributed by atoms with van der Waals surface area (Å²) in [5, 5.41) is 9.25. The van der Waals surface area contributed by atoms with Gasteiger partial charge >= 0.3 is 5.97 Å². The number of likely N-dealkylation sites (tertiary alicyclic amines) is 1. The molecule has 1 aromatic heterocycles. The van der Waals surface area contributed by atoms with Crippen LogP contribution in [0, 0.1) is 0 Å². The van der Waals surface area contributed by atoms with Crippen molar-refractivity contribution in [3.63, 3.8) is 0 Å². The number of carbonyl (C=O) groups excluding carboxylic acids is 1. The number of carboxylic acids is 1. The summed E-state index contributed by atoms with van der Waals surface area (Å²) in [6, 6.07) is 8.93. The Bertz CT molecular complexity index is 711. The van der Waals surface area contributed by atoms with Gasteiger partial charge in [0.15, 0.2) is 11.7 Å². The number of aromatic nitrogens is 1. The zero-order valence-corrected chi connectivity index (χ0v) is 13.4. The molecular weight excluding hydrogens is 308 g/mol. The number of rotatable bonds is 5. The molecule has 1 aliphatic rings. The first-order valence-corrected chi connectivity index (χ1v) is 8.17. The van der Waals surface area contributed by atoms with Gasteiger partial charge in [-0.1, -0.05) is 30.3 Å². The quantitative estimate of drug-likeness (QED) is 0.912. The number of carbonyl (C=O) groups is 2. The van der Waals surface area contributed by atoms with Crippen molar-refractivity contribution in [1.29, 1.82) is 0 Å². The van der Waals surface area contributed by atoms with E-state index in [1.54, 1.807) is 6.20 Å². The van der Waals surface area contributed by atoms with Crippen LogP contribution in [-0.4, -0.2) is 39.5 Å². The standard InChI is InChI=1S/C18H20N2O4/c21-17(20-11-5-4-8-14(20)18(22)23)10-9-16-19-12-15(24-16)13-6-2-1-3-7-13/h1-3,6-7,12,14H,4-5,8-11H2,(H,22,23). The average Bonchev–Trinajstić information content (AvgIpc) is 3.09. The first kappa shape index (κ1) is 16.2. The first-order valence-electron chi connectivity index (χ1n) is 8.17. The van der Waals surface area contributed by atoms with E-state index in [2.05, 4.69) is 4.98 Å². The van der Waals surface area contributed by atoms with Gasteiger partial charge in [0, 0.05) is 24.9 Å². The Labute approximate surface area is 140 Å². The van der Waals surface area contributed by atoms with Gasteiger partial charge in [0.05, 0.1) is 6.20 Å². The second kappa shape index (κ2) is 7.29. The number of nitrogens with zero attached hydrogens (tertiary/aromatic N) is 2. The van der Waals surface area contributed by atoms with Gasteiger partial charge in [-0.05, 0) is 19.3 Å². The predicted molar refractivity (Wildman–Crippen MR) is 87.2 cm³/mol. The average molecular weight is 328 g/mol. The minimum absolute atomic E-state index is 0.151. The summed E-state index contributed by atoms with van der Waals surface area (Å²) in [5.41, 5.74) is 0.935. The number of amides is 1. The minimum Gasteiger partial charge on any atom is -0.480 e. The highest BCUT2D eigenvalue weighted by atomic mass is 16.4. The molecule has 6 nitrogen and oxygen atoms in total. The van der Waals surface area contributed by atoms with E-state index >= 15 is 0 Å². The summed E-state index contributed by atoms with van der Waals surface area (Å²) in [7, 11) is 0. The third-order valence-corrected chi connectivity index (χ3v) is 4.27. The van der Waals surface area contributed by atoms with Gasteiger partial charge in [-0.3, -0.25) is 4.79 Å². The number of benzene rings is 1. The Morgan fingerprint density at radius 1 is 1.25 bits per heavy atom. The molecule has 1 atom stereocenters. The van der Waals surface area contributed by atoms with E-state index in [1.165, 1.54) is 4.90 Å². The van der Waals surface area contributed by atoms with Crippen LogP contribution in [0.2, 0.25) is 0 Å². The lowest BCUT2D eigenvalue weighted by Gasteiger charge is -2.32. The highest BCUT2D eigenvalue weighted by Gasteiger charge is 2.31. The van der Waals surface area contributed by atoms with Gasteiger partial charge in [-0.25, -0.2) is 9.78 Å². The second-order valence-electron chi connectivity index (χ2n) is 5.92. The number of hydrogen-bond acceptors (Lipinski definition) is 4. The molecule has 24 heavy (non-hydrogen) atoms. The van der Waals surface area contributed by atoms with E-state index in [1.807, 2.05) is 30.3 Å². The lowest BCUT2D eigenvalue weighted by atomic mass is 10.0. The molecule has 6 heteroatoms. The fourth-order valence-electron chi connectivity index (χ4n) is 3.01. The number of oxazole rings is 1. The second-order valence-corrected chi connectivity index (χ2v) is 5.92. The Balaban J connectivity index is 1.60. The van der Waals surface area contributed by atoms with Crippen molar-refractivity contribution in [3.05, 3.63) is 42.4 Å². The van der Waals surface area contributed by atoms with Crippen molar-refractivity contribution in [3.8, 4) is 11.3 Å². The molecule has 0 aliphatic carbocycles. The topological polar surface area (TPSA) is 83.6 Å². The molecule has 1 fully saturated rings.